The molecule has 0 saturated heterocycles. The van der Waals surface area contributed by atoms with E-state index in [1.807, 2.05) is 6.92 Å². The largest absolute Gasteiger partial charge is 0.375 e. The summed E-state index contributed by atoms with van der Waals surface area (Å²) in [6.45, 7) is 12.1. The smallest absolute Gasteiger partial charge is 0.248 e. The predicted molar refractivity (Wildman–Crippen MR) is 80.5 cm³/mol. The Bertz CT molecular complexity index is 313. The second-order valence-electron chi connectivity index (χ2n) is 7.62. The lowest BCUT2D eigenvalue weighted by atomic mass is 9.63. The van der Waals surface area contributed by atoms with Crippen LogP contribution in [-0.4, -0.2) is 36.8 Å². The third-order valence-electron chi connectivity index (χ3n) is 4.01. The molecule has 118 valence electrons. The lowest BCUT2D eigenvalue weighted by molar-refractivity contribution is -0.524. The lowest BCUT2D eigenvalue weighted by Crippen LogP contribution is -2.47. The molecule has 0 aromatic heterocycles. The van der Waals surface area contributed by atoms with Crippen LogP contribution in [0.4, 0.5) is 0 Å². The first-order valence-corrected chi connectivity index (χ1v) is 7.60. The Balaban J connectivity index is 2.52. The van der Waals surface area contributed by atoms with Crippen LogP contribution in [0.2, 0.25) is 0 Å². The molecular weight excluding hydrogens is 256 g/mol. The second kappa shape index (κ2) is 6.85. The van der Waals surface area contributed by atoms with Crippen molar-refractivity contribution in [2.24, 2.45) is 10.8 Å². The van der Waals surface area contributed by atoms with E-state index in [0.717, 1.165) is 12.8 Å². The van der Waals surface area contributed by atoms with E-state index in [4.69, 9.17) is 4.74 Å². The number of hydrogen-bond acceptors (Lipinski definition) is 4. The molecule has 20 heavy (non-hydrogen) atoms. The summed E-state index contributed by atoms with van der Waals surface area (Å²) in [5.74, 6) is 0. The van der Waals surface area contributed by atoms with Gasteiger partial charge in [-0.2, -0.15) is 0 Å². The van der Waals surface area contributed by atoms with Crippen LogP contribution in [0.25, 0.3) is 0 Å². The molecule has 1 aliphatic carbocycles. The van der Waals surface area contributed by atoms with Gasteiger partial charge in [0.1, 0.15) is 6.61 Å². The van der Waals surface area contributed by atoms with Crippen LogP contribution >= 0.6 is 0 Å². The van der Waals surface area contributed by atoms with Gasteiger partial charge in [0, 0.05) is 17.6 Å². The van der Waals surface area contributed by atoms with Crippen LogP contribution in [0.5, 0.6) is 0 Å². The average Bonchev–Trinajstić information content (AvgIpc) is 2.24. The summed E-state index contributed by atoms with van der Waals surface area (Å²) >= 11 is 0. The number of ether oxygens (including phenoxy) is 1. The van der Waals surface area contributed by atoms with E-state index in [9.17, 15) is 10.1 Å². The molecule has 0 heterocycles. The third kappa shape index (κ3) is 5.75. The van der Waals surface area contributed by atoms with Crippen LogP contribution < -0.4 is 5.32 Å². The van der Waals surface area contributed by atoms with Gasteiger partial charge < -0.3 is 10.1 Å². The van der Waals surface area contributed by atoms with E-state index in [0.29, 0.717) is 30.0 Å². The van der Waals surface area contributed by atoms with Crippen LogP contribution in [0, 0.1) is 20.9 Å². The van der Waals surface area contributed by atoms with Crippen LogP contribution in [0.15, 0.2) is 0 Å². The topological polar surface area (TPSA) is 64.4 Å². The lowest BCUT2D eigenvalue weighted by Gasteiger charge is -2.45. The molecule has 0 aromatic rings. The Hall–Kier alpha value is -0.680. The van der Waals surface area contributed by atoms with Gasteiger partial charge in [0.25, 0.3) is 0 Å². The maximum absolute atomic E-state index is 11.0. The number of nitro groups is 1. The quantitative estimate of drug-likeness (QED) is 0.577. The van der Waals surface area contributed by atoms with E-state index < -0.39 is 6.04 Å². The molecule has 1 fully saturated rings. The van der Waals surface area contributed by atoms with Gasteiger partial charge in [0.05, 0.1) is 6.54 Å². The molecule has 1 aliphatic rings. The summed E-state index contributed by atoms with van der Waals surface area (Å²) in [6, 6.07) is -0.291. The molecule has 5 heteroatoms. The highest BCUT2D eigenvalue weighted by atomic mass is 16.6. The van der Waals surface area contributed by atoms with Gasteiger partial charge in [-0.3, -0.25) is 10.1 Å². The number of rotatable bonds is 7. The Kier molecular flexibility index (Phi) is 5.95. The molecule has 1 rings (SSSR count). The van der Waals surface area contributed by atoms with E-state index in [-0.39, 0.29) is 11.5 Å². The maximum atomic E-state index is 11.0. The third-order valence-corrected chi connectivity index (χ3v) is 4.01. The predicted octanol–water partition coefficient (Wildman–Crippen LogP) is 2.86. The van der Waals surface area contributed by atoms with Gasteiger partial charge in [-0.1, -0.05) is 27.7 Å². The second-order valence-corrected chi connectivity index (χ2v) is 7.62. The minimum absolute atomic E-state index is 0.190. The molecule has 0 aromatic carbocycles. The normalized spacial score (nSPS) is 23.4. The van der Waals surface area contributed by atoms with Crippen molar-refractivity contribution in [2.75, 3.05) is 19.8 Å². The van der Waals surface area contributed by atoms with Gasteiger partial charge >= 0.3 is 0 Å². The summed E-state index contributed by atoms with van der Waals surface area (Å²) < 4.78 is 5.20. The number of nitrogens with zero attached hydrogens (tertiary/aromatic N) is 1. The zero-order chi connectivity index (χ0) is 15.4. The molecule has 1 saturated carbocycles. The van der Waals surface area contributed by atoms with Gasteiger partial charge in [0.2, 0.25) is 6.04 Å². The molecular formula is C15H30N2O3. The summed E-state index contributed by atoms with van der Waals surface area (Å²) in [4.78, 5) is 10.8. The average molecular weight is 286 g/mol. The van der Waals surface area contributed by atoms with E-state index in [1.165, 1.54) is 6.42 Å². The molecule has 0 amide bonds. The SMILES string of the molecule is CCOCC(CNC1CC(C)(C)CC(C)(C)C1)[N+](=O)[O-]. The molecule has 0 radical (unpaired) electrons. The summed E-state index contributed by atoms with van der Waals surface area (Å²) in [6.07, 6.45) is 3.36. The summed E-state index contributed by atoms with van der Waals surface area (Å²) in [5, 5.41) is 14.4. The van der Waals surface area contributed by atoms with Crippen molar-refractivity contribution < 1.29 is 9.66 Å². The van der Waals surface area contributed by atoms with Crippen molar-refractivity contribution in [1.82, 2.24) is 5.32 Å². The Labute approximate surface area is 122 Å². The molecule has 0 bridgehead atoms. The molecule has 1 unspecified atom stereocenters. The van der Waals surface area contributed by atoms with Crippen molar-refractivity contribution in [3.63, 3.8) is 0 Å². The minimum atomic E-state index is -0.650. The Morgan fingerprint density at radius 2 is 1.85 bits per heavy atom. The van der Waals surface area contributed by atoms with E-state index >= 15 is 0 Å². The van der Waals surface area contributed by atoms with Crippen molar-refractivity contribution in [2.45, 2.75) is 66.0 Å². The minimum Gasteiger partial charge on any atom is -0.375 e. The zero-order valence-corrected chi connectivity index (χ0v) is 13.6. The number of hydrogen-bond donors (Lipinski definition) is 1. The van der Waals surface area contributed by atoms with Crippen LogP contribution in [0.3, 0.4) is 0 Å². The molecule has 5 nitrogen and oxygen atoms in total. The first kappa shape index (κ1) is 17.4. The first-order valence-electron chi connectivity index (χ1n) is 7.60. The fourth-order valence-corrected chi connectivity index (χ4v) is 3.74. The molecule has 1 atom stereocenters. The Morgan fingerprint density at radius 1 is 1.30 bits per heavy atom. The standard InChI is InChI=1S/C15H30N2O3/c1-6-20-10-13(17(18)19)9-16-12-7-14(2,3)11-15(4,5)8-12/h12-13,16H,6-11H2,1-5H3. The van der Waals surface area contributed by atoms with Crippen LogP contribution in [-0.2, 0) is 4.74 Å². The van der Waals surface area contributed by atoms with Crippen LogP contribution in [0.1, 0.15) is 53.9 Å². The highest BCUT2D eigenvalue weighted by Crippen LogP contribution is 2.45. The number of nitrogens with one attached hydrogen (secondary N) is 1. The fourth-order valence-electron chi connectivity index (χ4n) is 3.74. The summed E-state index contributed by atoms with van der Waals surface area (Å²) in [7, 11) is 0. The van der Waals surface area contributed by atoms with E-state index in [2.05, 4.69) is 33.0 Å². The highest BCUT2D eigenvalue weighted by molar-refractivity contribution is 4.92. The molecule has 0 spiro atoms. The van der Waals surface area contributed by atoms with Crippen molar-refractivity contribution in [3.8, 4) is 0 Å². The van der Waals surface area contributed by atoms with Gasteiger partial charge in [-0.25, -0.2) is 0 Å². The maximum Gasteiger partial charge on any atom is 0.248 e. The van der Waals surface area contributed by atoms with Crippen molar-refractivity contribution >= 4 is 0 Å². The van der Waals surface area contributed by atoms with Gasteiger partial charge in [-0.15, -0.1) is 0 Å². The highest BCUT2D eigenvalue weighted by Gasteiger charge is 2.38. The zero-order valence-electron chi connectivity index (χ0n) is 13.6. The van der Waals surface area contributed by atoms with Gasteiger partial charge in [0.15, 0.2) is 0 Å². The summed E-state index contributed by atoms with van der Waals surface area (Å²) in [5.41, 5.74) is 0.590. The fraction of sp³-hybridized carbons (Fsp3) is 1.00. The van der Waals surface area contributed by atoms with Gasteiger partial charge in [-0.05, 0) is 37.0 Å². The van der Waals surface area contributed by atoms with Crippen molar-refractivity contribution in [1.29, 1.82) is 0 Å². The Morgan fingerprint density at radius 3 is 2.30 bits per heavy atom. The molecule has 0 aliphatic heterocycles. The first-order chi connectivity index (χ1) is 9.15. The monoisotopic (exact) mass is 286 g/mol. The van der Waals surface area contributed by atoms with Crippen molar-refractivity contribution in [3.05, 3.63) is 10.1 Å². The molecule has 1 N–H and O–H groups in total. The van der Waals surface area contributed by atoms with E-state index in [1.54, 1.807) is 0 Å².